The smallest absolute Gasteiger partial charge is 0.220 e. The maximum atomic E-state index is 13.0. The Labute approximate surface area is 351 Å². The van der Waals surface area contributed by atoms with Crippen molar-refractivity contribution in [3.8, 4) is 0 Å². The highest BCUT2D eigenvalue weighted by Gasteiger charge is 2.44. The van der Waals surface area contributed by atoms with Crippen LogP contribution in [0.3, 0.4) is 0 Å². The van der Waals surface area contributed by atoms with Crippen molar-refractivity contribution in [1.29, 1.82) is 0 Å². The molecule has 0 aromatic carbocycles. The van der Waals surface area contributed by atoms with Gasteiger partial charge in [-0.2, -0.15) is 0 Å². The van der Waals surface area contributed by atoms with E-state index in [9.17, 15) is 30.3 Å². The molecular formula is C48H95NO8. The Balaban J connectivity index is 2.22. The van der Waals surface area contributed by atoms with Crippen molar-refractivity contribution in [2.24, 2.45) is 0 Å². The fraction of sp³-hybridized carbons (Fsp3) is 0.979. The van der Waals surface area contributed by atoms with Gasteiger partial charge in [0.1, 0.15) is 24.4 Å². The molecule has 0 spiro atoms. The van der Waals surface area contributed by atoms with Crippen molar-refractivity contribution < 1.29 is 39.8 Å². The zero-order valence-corrected chi connectivity index (χ0v) is 37.4. The van der Waals surface area contributed by atoms with Crippen LogP contribution in [0.15, 0.2) is 0 Å². The lowest BCUT2D eigenvalue weighted by molar-refractivity contribution is -0.302. The number of hydrogen-bond donors (Lipinski definition) is 6. The van der Waals surface area contributed by atoms with E-state index in [1.54, 1.807) is 0 Å². The van der Waals surface area contributed by atoms with E-state index in [-0.39, 0.29) is 12.5 Å². The molecule has 1 fully saturated rings. The molecule has 1 saturated heterocycles. The monoisotopic (exact) mass is 814 g/mol. The molecule has 1 rings (SSSR count). The van der Waals surface area contributed by atoms with Gasteiger partial charge >= 0.3 is 0 Å². The van der Waals surface area contributed by atoms with E-state index in [2.05, 4.69) is 19.2 Å². The Morgan fingerprint density at radius 2 is 0.877 bits per heavy atom. The molecule has 0 aromatic heterocycles. The summed E-state index contributed by atoms with van der Waals surface area (Å²) in [6.45, 7) is 3.85. The molecule has 1 aliphatic heterocycles. The molecule has 0 aliphatic carbocycles. The summed E-state index contributed by atoms with van der Waals surface area (Å²) >= 11 is 0. The number of carbonyl (C=O) groups excluding carboxylic acids is 1. The molecule has 0 aromatic rings. The van der Waals surface area contributed by atoms with Gasteiger partial charge in [0.25, 0.3) is 0 Å². The first-order valence-electron chi connectivity index (χ1n) is 24.7. The van der Waals surface area contributed by atoms with Crippen LogP contribution in [0.5, 0.6) is 0 Å². The molecule has 1 aliphatic rings. The summed E-state index contributed by atoms with van der Waals surface area (Å²) in [5.74, 6) is -0.140. The summed E-state index contributed by atoms with van der Waals surface area (Å²) in [6.07, 6.45) is 36.9. The van der Waals surface area contributed by atoms with Gasteiger partial charge in [-0.05, 0) is 12.8 Å². The van der Waals surface area contributed by atoms with E-state index in [1.165, 1.54) is 180 Å². The molecule has 1 amide bonds. The highest BCUT2D eigenvalue weighted by Crippen LogP contribution is 2.23. The van der Waals surface area contributed by atoms with Crippen molar-refractivity contribution in [2.45, 2.75) is 288 Å². The summed E-state index contributed by atoms with van der Waals surface area (Å²) in [5, 5.41) is 54.4. The molecular weight excluding hydrogens is 719 g/mol. The standard InChI is InChI=1S/C48H95NO8/c1-3-5-7-9-11-13-15-17-18-19-20-21-22-23-24-25-26-28-30-32-34-36-38-44(52)49-41(40-56-48-47(55)46(54)45(53)43(39-50)57-48)42(51)37-35-33-31-29-27-16-14-12-10-8-6-4-2/h41-43,45-48,50-51,53-55H,3-40H2,1-2H3,(H,49,52). The first-order valence-corrected chi connectivity index (χ1v) is 24.7. The molecule has 0 radical (unpaired) electrons. The lowest BCUT2D eigenvalue weighted by Crippen LogP contribution is -2.60. The summed E-state index contributed by atoms with van der Waals surface area (Å²) < 4.78 is 11.3. The molecule has 0 saturated carbocycles. The minimum absolute atomic E-state index is 0.132. The number of unbranched alkanes of at least 4 members (excludes halogenated alkanes) is 32. The summed E-state index contributed by atoms with van der Waals surface area (Å²) in [4.78, 5) is 13.0. The van der Waals surface area contributed by atoms with E-state index >= 15 is 0 Å². The molecule has 1 heterocycles. The number of aliphatic hydroxyl groups excluding tert-OH is 5. The predicted molar refractivity (Wildman–Crippen MR) is 235 cm³/mol. The second-order valence-electron chi connectivity index (χ2n) is 17.6. The zero-order chi connectivity index (χ0) is 41.6. The number of ether oxygens (including phenoxy) is 2. The van der Waals surface area contributed by atoms with Crippen molar-refractivity contribution in [1.82, 2.24) is 5.32 Å². The molecule has 7 unspecified atom stereocenters. The van der Waals surface area contributed by atoms with Crippen LogP contribution >= 0.6 is 0 Å². The fourth-order valence-electron chi connectivity index (χ4n) is 8.22. The van der Waals surface area contributed by atoms with E-state index in [0.29, 0.717) is 12.8 Å². The topological polar surface area (TPSA) is 149 Å². The predicted octanol–water partition coefficient (Wildman–Crippen LogP) is 10.7. The normalized spacial score (nSPS) is 20.9. The van der Waals surface area contributed by atoms with E-state index < -0.39 is 49.5 Å². The van der Waals surface area contributed by atoms with E-state index in [4.69, 9.17) is 9.47 Å². The van der Waals surface area contributed by atoms with Gasteiger partial charge in [0, 0.05) is 6.42 Å². The Hall–Kier alpha value is -0.810. The van der Waals surface area contributed by atoms with E-state index in [1.807, 2.05) is 0 Å². The maximum absolute atomic E-state index is 13.0. The van der Waals surface area contributed by atoms with Gasteiger partial charge in [-0.15, -0.1) is 0 Å². The van der Waals surface area contributed by atoms with Gasteiger partial charge in [0.05, 0.1) is 25.4 Å². The fourth-order valence-corrected chi connectivity index (χ4v) is 8.22. The molecule has 0 bridgehead atoms. The van der Waals surface area contributed by atoms with Crippen LogP contribution in [0.2, 0.25) is 0 Å². The highest BCUT2D eigenvalue weighted by molar-refractivity contribution is 5.76. The first-order chi connectivity index (χ1) is 27.8. The number of carbonyl (C=O) groups is 1. The van der Waals surface area contributed by atoms with Crippen LogP contribution in [-0.4, -0.2) is 87.5 Å². The Bertz CT molecular complexity index is 862. The maximum Gasteiger partial charge on any atom is 0.220 e. The number of amides is 1. The average molecular weight is 814 g/mol. The van der Waals surface area contributed by atoms with Crippen LogP contribution < -0.4 is 5.32 Å². The SMILES string of the molecule is CCCCCCCCCCCCCCCCCCCCCCCCC(=O)NC(COC1OC(CO)C(O)C(O)C1O)C(O)CCCCCCCCCCCCCC. The summed E-state index contributed by atoms with van der Waals surface area (Å²) in [7, 11) is 0. The van der Waals surface area contributed by atoms with E-state index in [0.717, 1.165) is 38.5 Å². The Morgan fingerprint density at radius 3 is 1.25 bits per heavy atom. The number of nitrogens with one attached hydrogen (secondary N) is 1. The van der Waals surface area contributed by atoms with Crippen LogP contribution in [-0.2, 0) is 14.3 Å². The molecule has 57 heavy (non-hydrogen) atoms. The molecule has 340 valence electrons. The van der Waals surface area contributed by atoms with Gasteiger partial charge < -0.3 is 40.3 Å². The third-order valence-electron chi connectivity index (χ3n) is 12.2. The van der Waals surface area contributed by atoms with Crippen LogP contribution in [0.25, 0.3) is 0 Å². The van der Waals surface area contributed by atoms with Crippen molar-refractivity contribution in [3.05, 3.63) is 0 Å². The third-order valence-corrected chi connectivity index (χ3v) is 12.2. The lowest BCUT2D eigenvalue weighted by Gasteiger charge is -2.40. The van der Waals surface area contributed by atoms with Crippen LogP contribution in [0, 0.1) is 0 Å². The Morgan fingerprint density at radius 1 is 0.526 bits per heavy atom. The lowest BCUT2D eigenvalue weighted by atomic mass is 9.99. The van der Waals surface area contributed by atoms with Gasteiger partial charge in [-0.1, -0.05) is 226 Å². The van der Waals surface area contributed by atoms with Crippen LogP contribution in [0.1, 0.15) is 245 Å². The van der Waals surface area contributed by atoms with Gasteiger partial charge in [0.15, 0.2) is 6.29 Å². The highest BCUT2D eigenvalue weighted by atomic mass is 16.7. The van der Waals surface area contributed by atoms with Gasteiger partial charge in [-0.3, -0.25) is 4.79 Å². The van der Waals surface area contributed by atoms with Crippen molar-refractivity contribution in [2.75, 3.05) is 13.2 Å². The summed E-state index contributed by atoms with van der Waals surface area (Å²) in [5.41, 5.74) is 0. The van der Waals surface area contributed by atoms with Crippen molar-refractivity contribution >= 4 is 5.91 Å². The molecule has 6 N–H and O–H groups in total. The van der Waals surface area contributed by atoms with Gasteiger partial charge in [0.2, 0.25) is 5.91 Å². The first kappa shape index (κ1) is 54.2. The second-order valence-corrected chi connectivity index (χ2v) is 17.6. The minimum atomic E-state index is -1.55. The van der Waals surface area contributed by atoms with Crippen LogP contribution in [0.4, 0.5) is 0 Å². The average Bonchev–Trinajstić information content (AvgIpc) is 3.21. The quantitative estimate of drug-likeness (QED) is 0.0334. The number of hydrogen-bond acceptors (Lipinski definition) is 8. The Kier molecular flexibility index (Phi) is 37.4. The molecule has 7 atom stereocenters. The second kappa shape index (κ2) is 39.3. The van der Waals surface area contributed by atoms with Gasteiger partial charge in [-0.25, -0.2) is 0 Å². The minimum Gasteiger partial charge on any atom is -0.394 e. The molecule has 9 nitrogen and oxygen atoms in total. The summed E-state index contributed by atoms with van der Waals surface area (Å²) in [6, 6.07) is -0.711. The zero-order valence-electron chi connectivity index (χ0n) is 37.4. The largest absolute Gasteiger partial charge is 0.394 e. The third kappa shape index (κ3) is 30.0. The van der Waals surface area contributed by atoms with Crippen molar-refractivity contribution in [3.63, 3.8) is 0 Å². The number of aliphatic hydroxyl groups is 5. The molecule has 9 heteroatoms. The number of rotatable bonds is 42.